The van der Waals surface area contributed by atoms with Gasteiger partial charge in [0, 0.05) is 34.7 Å². The molecule has 26 heavy (non-hydrogen) atoms. The van der Waals surface area contributed by atoms with Crippen LogP contribution in [0.15, 0.2) is 65.3 Å². The number of hydrogen-bond acceptors (Lipinski definition) is 3. The van der Waals surface area contributed by atoms with Gasteiger partial charge in [0.1, 0.15) is 0 Å². The molecular weight excluding hydrogens is 394 g/mol. The van der Waals surface area contributed by atoms with Crippen molar-refractivity contribution in [2.24, 2.45) is 5.92 Å². The Morgan fingerprint density at radius 2 is 1.96 bits per heavy atom. The zero-order chi connectivity index (χ0) is 18.1. The molecule has 1 atom stereocenters. The van der Waals surface area contributed by atoms with Gasteiger partial charge in [-0.1, -0.05) is 40.2 Å². The van der Waals surface area contributed by atoms with E-state index in [1.165, 1.54) is 0 Å². The van der Waals surface area contributed by atoms with Crippen molar-refractivity contribution in [1.82, 2.24) is 4.98 Å². The Balaban J connectivity index is 1.53. The second kappa shape index (κ2) is 6.88. The topological polar surface area (TPSA) is 62.3 Å². The van der Waals surface area contributed by atoms with Crippen LogP contribution in [0.25, 0.3) is 10.9 Å². The van der Waals surface area contributed by atoms with Gasteiger partial charge in [-0.05, 0) is 30.3 Å². The lowest BCUT2D eigenvalue weighted by atomic mass is 10.1. The zero-order valence-electron chi connectivity index (χ0n) is 13.9. The van der Waals surface area contributed by atoms with Crippen molar-refractivity contribution in [3.05, 3.63) is 65.3 Å². The van der Waals surface area contributed by atoms with E-state index < -0.39 is 0 Å². The molecule has 0 spiro atoms. The van der Waals surface area contributed by atoms with E-state index in [0.29, 0.717) is 12.2 Å². The number of halogens is 1. The zero-order valence-corrected chi connectivity index (χ0v) is 15.4. The van der Waals surface area contributed by atoms with Gasteiger partial charge < -0.3 is 10.2 Å². The van der Waals surface area contributed by atoms with Crippen LogP contribution >= 0.6 is 15.9 Å². The lowest BCUT2D eigenvalue weighted by Gasteiger charge is -2.17. The number of amides is 2. The molecule has 2 aromatic carbocycles. The molecular formula is C20H16BrN3O2. The minimum Gasteiger partial charge on any atom is -0.324 e. The highest BCUT2D eigenvalue weighted by molar-refractivity contribution is 9.10. The van der Waals surface area contributed by atoms with Crippen molar-refractivity contribution >= 4 is 50.0 Å². The van der Waals surface area contributed by atoms with Gasteiger partial charge in [0.2, 0.25) is 11.8 Å². The Morgan fingerprint density at radius 3 is 2.81 bits per heavy atom. The van der Waals surface area contributed by atoms with Gasteiger partial charge in [-0.25, -0.2) is 0 Å². The van der Waals surface area contributed by atoms with Crippen LogP contribution < -0.4 is 10.2 Å². The first-order valence-electron chi connectivity index (χ1n) is 8.32. The van der Waals surface area contributed by atoms with Gasteiger partial charge >= 0.3 is 0 Å². The van der Waals surface area contributed by atoms with E-state index in [1.807, 2.05) is 54.6 Å². The summed E-state index contributed by atoms with van der Waals surface area (Å²) in [6.07, 6.45) is 1.91. The molecule has 0 saturated carbocycles. The predicted octanol–water partition coefficient (Wildman–Crippen LogP) is 3.99. The molecule has 1 aromatic heterocycles. The van der Waals surface area contributed by atoms with Crippen LogP contribution in [0, 0.1) is 5.92 Å². The molecule has 1 aliphatic heterocycles. The van der Waals surface area contributed by atoms with Crippen molar-refractivity contribution in [3.63, 3.8) is 0 Å². The molecule has 1 unspecified atom stereocenters. The van der Waals surface area contributed by atoms with Crippen molar-refractivity contribution in [2.75, 3.05) is 16.8 Å². The molecule has 1 N–H and O–H groups in total. The van der Waals surface area contributed by atoms with Crippen molar-refractivity contribution in [1.29, 1.82) is 0 Å². The molecule has 130 valence electrons. The number of para-hydroxylation sites is 1. The molecule has 0 bridgehead atoms. The summed E-state index contributed by atoms with van der Waals surface area (Å²) in [6.45, 7) is 0.374. The number of nitrogens with zero attached hydrogens (tertiary/aromatic N) is 2. The summed E-state index contributed by atoms with van der Waals surface area (Å²) in [6, 6.07) is 17.0. The number of carbonyl (C=O) groups is 2. The fourth-order valence-electron chi connectivity index (χ4n) is 3.22. The van der Waals surface area contributed by atoms with E-state index in [-0.39, 0.29) is 24.2 Å². The molecule has 6 heteroatoms. The summed E-state index contributed by atoms with van der Waals surface area (Å²) in [5.74, 6) is -0.589. The maximum Gasteiger partial charge on any atom is 0.229 e. The van der Waals surface area contributed by atoms with Crippen molar-refractivity contribution in [3.8, 4) is 0 Å². The molecule has 1 aliphatic rings. The van der Waals surface area contributed by atoms with Crippen LogP contribution in [0.3, 0.4) is 0 Å². The third-order valence-corrected chi connectivity index (χ3v) is 5.00. The predicted molar refractivity (Wildman–Crippen MR) is 105 cm³/mol. The largest absolute Gasteiger partial charge is 0.324 e. The Hall–Kier alpha value is -2.73. The summed E-state index contributed by atoms with van der Waals surface area (Å²) >= 11 is 3.42. The highest BCUT2D eigenvalue weighted by atomic mass is 79.9. The highest BCUT2D eigenvalue weighted by Gasteiger charge is 2.35. The minimum atomic E-state index is -0.388. The smallest absolute Gasteiger partial charge is 0.229 e. The number of rotatable bonds is 3. The molecule has 4 rings (SSSR count). The first-order chi connectivity index (χ1) is 12.6. The van der Waals surface area contributed by atoms with Gasteiger partial charge in [0.05, 0.1) is 17.1 Å². The van der Waals surface area contributed by atoms with E-state index in [0.717, 1.165) is 21.1 Å². The number of pyridine rings is 1. The Labute approximate surface area is 159 Å². The first kappa shape index (κ1) is 16.7. The molecule has 0 aliphatic carbocycles. The summed E-state index contributed by atoms with van der Waals surface area (Å²) in [5, 5.41) is 3.90. The Bertz CT molecular complexity index is 1000. The van der Waals surface area contributed by atoms with Crippen LogP contribution in [0.5, 0.6) is 0 Å². The second-order valence-corrected chi connectivity index (χ2v) is 7.17. The Morgan fingerprint density at radius 1 is 1.15 bits per heavy atom. The molecule has 2 heterocycles. The number of anilines is 2. The van der Waals surface area contributed by atoms with Crippen LogP contribution in [0.1, 0.15) is 6.42 Å². The second-order valence-electron chi connectivity index (χ2n) is 6.26. The van der Waals surface area contributed by atoms with Crippen molar-refractivity contribution in [2.45, 2.75) is 6.42 Å². The molecule has 5 nitrogen and oxygen atoms in total. The van der Waals surface area contributed by atoms with E-state index in [2.05, 4.69) is 26.2 Å². The highest BCUT2D eigenvalue weighted by Crippen LogP contribution is 2.29. The van der Waals surface area contributed by atoms with Gasteiger partial charge in [-0.3, -0.25) is 14.6 Å². The van der Waals surface area contributed by atoms with Crippen LogP contribution in [-0.2, 0) is 9.59 Å². The standard InChI is InChI=1S/C20H16BrN3O2/c21-15-6-2-7-16(11-15)24-12-14(10-18(24)25)20(26)23-17-8-1-4-13-5-3-9-22-19(13)17/h1-9,11,14H,10,12H2,(H,23,26). The monoisotopic (exact) mass is 409 g/mol. The summed E-state index contributed by atoms with van der Waals surface area (Å²) in [4.78, 5) is 31.1. The average Bonchev–Trinajstić information content (AvgIpc) is 3.04. The fourth-order valence-corrected chi connectivity index (χ4v) is 3.60. The van der Waals surface area contributed by atoms with Crippen LogP contribution in [0.4, 0.5) is 11.4 Å². The van der Waals surface area contributed by atoms with E-state index in [9.17, 15) is 9.59 Å². The summed E-state index contributed by atoms with van der Waals surface area (Å²) in [5.41, 5.74) is 2.21. The summed E-state index contributed by atoms with van der Waals surface area (Å²) in [7, 11) is 0. The molecule has 0 radical (unpaired) electrons. The lowest BCUT2D eigenvalue weighted by Crippen LogP contribution is -2.28. The van der Waals surface area contributed by atoms with Crippen LogP contribution in [-0.4, -0.2) is 23.3 Å². The Kier molecular flexibility index (Phi) is 4.42. The summed E-state index contributed by atoms with van der Waals surface area (Å²) < 4.78 is 0.900. The third kappa shape index (κ3) is 3.20. The van der Waals surface area contributed by atoms with E-state index >= 15 is 0 Å². The van der Waals surface area contributed by atoms with Gasteiger partial charge in [-0.15, -0.1) is 0 Å². The quantitative estimate of drug-likeness (QED) is 0.711. The third-order valence-electron chi connectivity index (χ3n) is 4.51. The molecule has 3 aromatic rings. The van der Waals surface area contributed by atoms with Crippen molar-refractivity contribution < 1.29 is 9.59 Å². The lowest BCUT2D eigenvalue weighted by molar-refractivity contribution is -0.122. The fraction of sp³-hybridized carbons (Fsp3) is 0.150. The number of nitrogens with one attached hydrogen (secondary N) is 1. The number of aromatic nitrogens is 1. The maximum atomic E-state index is 12.7. The number of fused-ring (bicyclic) bond motifs is 1. The van der Waals surface area contributed by atoms with Gasteiger partial charge in [0.15, 0.2) is 0 Å². The maximum absolute atomic E-state index is 12.7. The minimum absolute atomic E-state index is 0.0423. The SMILES string of the molecule is O=C(Nc1cccc2cccnc12)C1CC(=O)N(c2cccc(Br)c2)C1. The van der Waals surface area contributed by atoms with Crippen LogP contribution in [0.2, 0.25) is 0 Å². The number of carbonyl (C=O) groups excluding carboxylic acids is 2. The number of benzene rings is 2. The average molecular weight is 410 g/mol. The molecule has 1 fully saturated rings. The number of hydrogen-bond donors (Lipinski definition) is 1. The van der Waals surface area contributed by atoms with E-state index in [1.54, 1.807) is 11.1 Å². The molecule has 2 amide bonds. The first-order valence-corrected chi connectivity index (χ1v) is 9.11. The van der Waals surface area contributed by atoms with Gasteiger partial charge in [-0.2, -0.15) is 0 Å². The van der Waals surface area contributed by atoms with Gasteiger partial charge in [0.25, 0.3) is 0 Å². The van der Waals surface area contributed by atoms with E-state index in [4.69, 9.17) is 0 Å². The molecule has 1 saturated heterocycles. The normalized spacial score (nSPS) is 16.9.